The summed E-state index contributed by atoms with van der Waals surface area (Å²) in [4.78, 5) is 31.2. The van der Waals surface area contributed by atoms with E-state index in [1.165, 1.54) is 11.0 Å². The molecule has 1 N–H and O–H groups in total. The maximum Gasteiger partial charge on any atom is 0.269 e. The number of hydrogen-bond donors (Lipinski definition) is 1. The van der Waals surface area contributed by atoms with Gasteiger partial charge in [-0.05, 0) is 44.0 Å². The molecule has 0 radical (unpaired) electrons. The van der Waals surface area contributed by atoms with Gasteiger partial charge in [-0.1, -0.05) is 6.07 Å². The molecule has 3 aromatic rings. The summed E-state index contributed by atoms with van der Waals surface area (Å²) >= 11 is 0. The lowest BCUT2D eigenvalue weighted by atomic mass is 9.87. The molecule has 35 heavy (non-hydrogen) atoms. The highest BCUT2D eigenvalue weighted by Gasteiger charge is 2.45. The Hall–Kier alpha value is -3.82. The second-order valence-corrected chi connectivity index (χ2v) is 8.72. The highest BCUT2D eigenvalue weighted by atomic mass is 19.2. The Kier molecular flexibility index (Phi) is 6.31. The van der Waals surface area contributed by atoms with Crippen molar-refractivity contribution >= 4 is 17.6 Å². The highest BCUT2D eigenvalue weighted by molar-refractivity contribution is 6.07. The zero-order valence-corrected chi connectivity index (χ0v) is 18.8. The first-order valence-electron chi connectivity index (χ1n) is 10.7. The third-order valence-corrected chi connectivity index (χ3v) is 5.85. The normalized spacial score (nSPS) is 14.3. The predicted octanol–water partition coefficient (Wildman–Crippen LogP) is 4.57. The number of carbonyl (C=O) groups excluding carboxylic acids is 2. The van der Waals surface area contributed by atoms with Crippen LogP contribution in [0.15, 0.2) is 42.5 Å². The Morgan fingerprint density at radius 1 is 0.943 bits per heavy atom. The molecule has 0 unspecified atom stereocenters. The summed E-state index contributed by atoms with van der Waals surface area (Å²) in [6.45, 7) is 3.03. The average molecular weight is 489 g/mol. The minimum absolute atomic E-state index is 0.0651. The van der Waals surface area contributed by atoms with Crippen molar-refractivity contribution < 1.29 is 31.5 Å². The molecule has 0 bridgehead atoms. The van der Waals surface area contributed by atoms with E-state index in [4.69, 9.17) is 0 Å². The zero-order valence-electron chi connectivity index (χ0n) is 18.8. The smallest absolute Gasteiger partial charge is 0.269 e. The summed E-state index contributed by atoms with van der Waals surface area (Å²) in [5, 5.41) is 2.49. The van der Waals surface area contributed by atoms with E-state index in [0.717, 1.165) is 18.2 Å². The molecule has 2 heterocycles. The van der Waals surface area contributed by atoms with Crippen LogP contribution in [0.2, 0.25) is 0 Å². The number of benzene rings is 2. The molecular weight excluding hydrogens is 469 g/mol. The van der Waals surface area contributed by atoms with Crippen LogP contribution in [0.25, 0.3) is 0 Å². The molecule has 0 fully saturated rings. The van der Waals surface area contributed by atoms with Gasteiger partial charge in [-0.3, -0.25) is 14.5 Å². The van der Waals surface area contributed by atoms with Gasteiger partial charge in [0.2, 0.25) is 5.91 Å². The molecule has 4 rings (SSSR count). The molecule has 0 spiro atoms. The van der Waals surface area contributed by atoms with Crippen LogP contribution in [-0.4, -0.2) is 23.3 Å². The van der Waals surface area contributed by atoms with Gasteiger partial charge in [0.1, 0.15) is 40.6 Å². The van der Waals surface area contributed by atoms with Gasteiger partial charge in [-0.25, -0.2) is 26.9 Å². The van der Waals surface area contributed by atoms with Gasteiger partial charge in [0.15, 0.2) is 0 Å². The number of aromatic nitrogens is 1. The first-order valence-corrected chi connectivity index (χ1v) is 10.7. The Labute approximate surface area is 197 Å². The number of amides is 2. The standard InChI is InChI=1S/C25H20F5N3O2/c1-25(2)18-3-4-21(23(34)31-6-5-17-19(29)10-16(28)11-20(17)30)32-22(18)33(24(25)35)12-13-7-14(26)9-15(27)8-13/h3-4,7-11H,5-6,12H2,1-2H3,(H,31,34). The van der Waals surface area contributed by atoms with Crippen molar-refractivity contribution in [3.63, 3.8) is 0 Å². The van der Waals surface area contributed by atoms with E-state index in [1.54, 1.807) is 19.9 Å². The van der Waals surface area contributed by atoms with Crippen LogP contribution >= 0.6 is 0 Å². The maximum atomic E-state index is 13.8. The van der Waals surface area contributed by atoms with Crippen LogP contribution in [0.5, 0.6) is 0 Å². The van der Waals surface area contributed by atoms with E-state index >= 15 is 0 Å². The van der Waals surface area contributed by atoms with E-state index in [2.05, 4.69) is 10.3 Å². The largest absolute Gasteiger partial charge is 0.350 e. The number of pyridine rings is 1. The maximum absolute atomic E-state index is 13.8. The van der Waals surface area contributed by atoms with Gasteiger partial charge >= 0.3 is 0 Å². The molecular formula is C25H20F5N3O2. The number of rotatable bonds is 6. The number of hydrogen-bond acceptors (Lipinski definition) is 3. The average Bonchev–Trinajstić information content (AvgIpc) is 2.95. The first-order chi connectivity index (χ1) is 16.5. The number of anilines is 1. The summed E-state index contributed by atoms with van der Waals surface area (Å²) in [6, 6.07) is 7.02. The van der Waals surface area contributed by atoms with E-state index < -0.39 is 40.4 Å². The Bertz CT molecular complexity index is 1300. The molecule has 0 saturated heterocycles. The van der Waals surface area contributed by atoms with Crippen molar-refractivity contribution in [2.75, 3.05) is 11.4 Å². The van der Waals surface area contributed by atoms with Crippen molar-refractivity contribution in [3.8, 4) is 0 Å². The summed E-state index contributed by atoms with van der Waals surface area (Å²) in [6.07, 6.45) is -0.225. The summed E-state index contributed by atoms with van der Waals surface area (Å²) in [5.41, 5.74) is -0.675. The van der Waals surface area contributed by atoms with E-state index in [-0.39, 0.29) is 48.1 Å². The highest BCUT2D eigenvalue weighted by Crippen LogP contribution is 2.41. The van der Waals surface area contributed by atoms with Gasteiger partial charge in [0.25, 0.3) is 5.91 Å². The van der Waals surface area contributed by atoms with Crippen LogP contribution in [0.1, 0.15) is 41.0 Å². The van der Waals surface area contributed by atoms with Gasteiger partial charge in [0, 0.05) is 35.9 Å². The quantitative estimate of drug-likeness (QED) is 0.516. The van der Waals surface area contributed by atoms with Gasteiger partial charge in [-0.2, -0.15) is 0 Å². The molecule has 1 aliphatic rings. The molecule has 0 saturated carbocycles. The Balaban J connectivity index is 1.54. The number of fused-ring (bicyclic) bond motifs is 1. The molecule has 1 aromatic heterocycles. The first kappa shape index (κ1) is 24.3. The fourth-order valence-electron chi connectivity index (χ4n) is 4.05. The molecule has 5 nitrogen and oxygen atoms in total. The van der Waals surface area contributed by atoms with Crippen molar-refractivity contribution in [2.45, 2.75) is 32.2 Å². The third-order valence-electron chi connectivity index (χ3n) is 5.85. The number of nitrogens with one attached hydrogen (secondary N) is 1. The summed E-state index contributed by atoms with van der Waals surface area (Å²) < 4.78 is 68.0. The van der Waals surface area contributed by atoms with Crippen LogP contribution in [0.4, 0.5) is 27.8 Å². The van der Waals surface area contributed by atoms with Crippen molar-refractivity contribution in [1.29, 1.82) is 0 Å². The van der Waals surface area contributed by atoms with Crippen LogP contribution in [-0.2, 0) is 23.2 Å². The number of carbonyl (C=O) groups is 2. The molecule has 1 aliphatic heterocycles. The lowest BCUT2D eigenvalue weighted by Crippen LogP contribution is -2.36. The van der Waals surface area contributed by atoms with E-state index in [0.29, 0.717) is 17.7 Å². The van der Waals surface area contributed by atoms with Gasteiger partial charge < -0.3 is 5.32 Å². The molecule has 0 atom stereocenters. The minimum Gasteiger partial charge on any atom is -0.350 e. The van der Waals surface area contributed by atoms with E-state index in [9.17, 15) is 31.5 Å². The second-order valence-electron chi connectivity index (χ2n) is 8.72. The van der Waals surface area contributed by atoms with E-state index in [1.807, 2.05) is 0 Å². The lowest BCUT2D eigenvalue weighted by Gasteiger charge is -2.20. The Morgan fingerprint density at radius 2 is 1.54 bits per heavy atom. The number of nitrogens with zero attached hydrogens (tertiary/aromatic N) is 2. The number of halogens is 5. The topological polar surface area (TPSA) is 62.3 Å². The van der Waals surface area contributed by atoms with Crippen molar-refractivity contribution in [1.82, 2.24) is 10.3 Å². The van der Waals surface area contributed by atoms with Crippen molar-refractivity contribution in [3.05, 3.63) is 93.9 Å². The predicted molar refractivity (Wildman–Crippen MR) is 117 cm³/mol. The second kappa shape index (κ2) is 9.09. The summed E-state index contributed by atoms with van der Waals surface area (Å²) in [5.74, 6) is -5.59. The fourth-order valence-corrected chi connectivity index (χ4v) is 4.05. The fraction of sp³-hybridized carbons (Fsp3) is 0.240. The third kappa shape index (κ3) is 4.73. The monoisotopic (exact) mass is 489 g/mol. The van der Waals surface area contributed by atoms with Gasteiger partial charge in [0.05, 0.1) is 12.0 Å². The molecule has 10 heteroatoms. The van der Waals surface area contributed by atoms with Gasteiger partial charge in [-0.15, -0.1) is 0 Å². The minimum atomic E-state index is -1.06. The molecule has 182 valence electrons. The zero-order chi connectivity index (χ0) is 25.5. The van der Waals surface area contributed by atoms with Crippen LogP contribution in [0, 0.1) is 29.1 Å². The summed E-state index contributed by atoms with van der Waals surface area (Å²) in [7, 11) is 0. The SMILES string of the molecule is CC1(C)C(=O)N(Cc2cc(F)cc(F)c2)c2nc(C(=O)NCCc3c(F)cc(F)cc3F)ccc21. The Morgan fingerprint density at radius 3 is 2.17 bits per heavy atom. The molecule has 0 aliphatic carbocycles. The van der Waals surface area contributed by atoms with Crippen LogP contribution in [0.3, 0.4) is 0 Å². The molecule has 2 aromatic carbocycles. The lowest BCUT2D eigenvalue weighted by molar-refractivity contribution is -0.122. The van der Waals surface area contributed by atoms with Crippen molar-refractivity contribution in [2.24, 2.45) is 0 Å². The molecule has 2 amide bonds. The van der Waals surface area contributed by atoms with Crippen LogP contribution < -0.4 is 10.2 Å².